The molecule has 0 bridgehead atoms. The van der Waals surface area contributed by atoms with Crippen molar-refractivity contribution in [2.45, 2.75) is 0 Å². The summed E-state index contributed by atoms with van der Waals surface area (Å²) in [6.45, 7) is 0. The highest BCUT2D eigenvalue weighted by Gasteiger charge is 2.14. The minimum atomic E-state index is -0.00152. The lowest BCUT2D eigenvalue weighted by molar-refractivity contribution is 0.103. The van der Waals surface area contributed by atoms with Crippen molar-refractivity contribution in [2.75, 3.05) is 7.11 Å². The van der Waals surface area contributed by atoms with Gasteiger partial charge in [0, 0.05) is 11.1 Å². The summed E-state index contributed by atoms with van der Waals surface area (Å²) in [5.74, 6) is 0.682. The van der Waals surface area contributed by atoms with Crippen molar-refractivity contribution >= 4 is 5.78 Å². The molecule has 3 rings (SSSR count). The van der Waals surface area contributed by atoms with Crippen LogP contribution in [0.3, 0.4) is 0 Å². The molecule has 0 atom stereocenters. The third-order valence-electron chi connectivity index (χ3n) is 3.59. The van der Waals surface area contributed by atoms with E-state index in [1.54, 1.807) is 13.2 Å². The number of rotatable bonds is 4. The number of hydrogen-bond acceptors (Lipinski definition) is 2. The molecule has 22 heavy (non-hydrogen) atoms. The Balaban J connectivity index is 2.07. The molecule has 0 aliphatic heterocycles. The Hall–Kier alpha value is -2.87. The van der Waals surface area contributed by atoms with E-state index in [0.29, 0.717) is 16.9 Å². The normalized spacial score (nSPS) is 10.2. The first kappa shape index (κ1) is 14.1. The Morgan fingerprint density at radius 2 is 1.55 bits per heavy atom. The van der Waals surface area contributed by atoms with Crippen LogP contribution in [-0.2, 0) is 0 Å². The monoisotopic (exact) mass is 288 g/mol. The Labute approximate surface area is 130 Å². The predicted octanol–water partition coefficient (Wildman–Crippen LogP) is 4.59. The van der Waals surface area contributed by atoms with Crippen molar-refractivity contribution in [3.8, 4) is 16.9 Å². The summed E-state index contributed by atoms with van der Waals surface area (Å²) in [4.78, 5) is 12.9. The van der Waals surface area contributed by atoms with E-state index >= 15 is 0 Å². The largest absolute Gasteiger partial charge is 0.497 e. The Morgan fingerprint density at radius 1 is 0.818 bits per heavy atom. The van der Waals surface area contributed by atoms with Crippen LogP contribution < -0.4 is 4.74 Å². The minimum absolute atomic E-state index is 0.00152. The molecule has 0 N–H and O–H groups in total. The maximum absolute atomic E-state index is 12.9. The van der Waals surface area contributed by atoms with Gasteiger partial charge < -0.3 is 4.74 Å². The van der Waals surface area contributed by atoms with Gasteiger partial charge in [0.15, 0.2) is 5.78 Å². The highest BCUT2D eigenvalue weighted by Crippen LogP contribution is 2.26. The van der Waals surface area contributed by atoms with Crippen molar-refractivity contribution in [1.82, 2.24) is 0 Å². The number of methoxy groups -OCH3 is 1. The molecular weight excluding hydrogens is 272 g/mol. The zero-order valence-corrected chi connectivity index (χ0v) is 12.3. The fraction of sp³-hybridized carbons (Fsp3) is 0.0500. The maximum atomic E-state index is 12.9. The molecule has 0 radical (unpaired) electrons. The molecule has 0 spiro atoms. The van der Waals surface area contributed by atoms with Gasteiger partial charge >= 0.3 is 0 Å². The second-order valence-electron chi connectivity index (χ2n) is 4.97. The third-order valence-corrected chi connectivity index (χ3v) is 3.59. The molecule has 0 saturated carbocycles. The van der Waals surface area contributed by atoms with Crippen LogP contribution in [-0.4, -0.2) is 12.9 Å². The SMILES string of the molecule is COc1cccc(C(=O)c2ccccc2-c2ccccc2)c1. The minimum Gasteiger partial charge on any atom is -0.497 e. The lowest BCUT2D eigenvalue weighted by Crippen LogP contribution is -2.03. The number of ether oxygens (including phenoxy) is 1. The molecule has 0 fully saturated rings. The van der Waals surface area contributed by atoms with Crippen molar-refractivity contribution in [1.29, 1.82) is 0 Å². The quantitative estimate of drug-likeness (QED) is 0.656. The molecule has 2 nitrogen and oxygen atoms in total. The molecular formula is C20H16O2. The van der Waals surface area contributed by atoms with Gasteiger partial charge in [0.25, 0.3) is 0 Å². The number of carbonyl (C=O) groups excluding carboxylic acids is 1. The summed E-state index contributed by atoms with van der Waals surface area (Å²) in [6, 6.07) is 24.9. The van der Waals surface area contributed by atoms with Gasteiger partial charge in [-0.2, -0.15) is 0 Å². The zero-order chi connectivity index (χ0) is 15.4. The molecule has 0 aromatic heterocycles. The Kier molecular flexibility index (Phi) is 4.01. The van der Waals surface area contributed by atoms with Crippen LogP contribution in [0.1, 0.15) is 15.9 Å². The zero-order valence-electron chi connectivity index (χ0n) is 12.3. The average Bonchev–Trinajstić information content (AvgIpc) is 2.62. The van der Waals surface area contributed by atoms with E-state index < -0.39 is 0 Å². The molecule has 0 aliphatic carbocycles. The van der Waals surface area contributed by atoms with Crippen LogP contribution in [0.2, 0.25) is 0 Å². The number of ketones is 1. The lowest BCUT2D eigenvalue weighted by Gasteiger charge is -2.09. The van der Waals surface area contributed by atoms with Crippen LogP contribution in [0, 0.1) is 0 Å². The van der Waals surface area contributed by atoms with Gasteiger partial charge in [-0.3, -0.25) is 4.79 Å². The van der Waals surface area contributed by atoms with Gasteiger partial charge in [-0.15, -0.1) is 0 Å². The highest BCUT2D eigenvalue weighted by atomic mass is 16.5. The van der Waals surface area contributed by atoms with E-state index in [1.807, 2.05) is 72.8 Å². The van der Waals surface area contributed by atoms with Crippen LogP contribution in [0.5, 0.6) is 5.75 Å². The maximum Gasteiger partial charge on any atom is 0.193 e. The van der Waals surface area contributed by atoms with Crippen molar-refractivity contribution < 1.29 is 9.53 Å². The van der Waals surface area contributed by atoms with Crippen molar-refractivity contribution in [2.24, 2.45) is 0 Å². The molecule has 0 heterocycles. The molecule has 0 unspecified atom stereocenters. The Bertz CT molecular complexity index is 792. The molecule has 108 valence electrons. The Morgan fingerprint density at radius 3 is 2.32 bits per heavy atom. The third kappa shape index (κ3) is 2.77. The molecule has 3 aromatic rings. The standard InChI is InChI=1S/C20H16O2/c1-22-17-11-7-10-16(14-17)20(21)19-13-6-5-12-18(19)15-8-3-2-4-9-15/h2-14H,1H3. The van der Waals surface area contributed by atoms with E-state index in [-0.39, 0.29) is 5.78 Å². The van der Waals surface area contributed by atoms with Crippen LogP contribution >= 0.6 is 0 Å². The lowest BCUT2D eigenvalue weighted by atomic mass is 9.94. The summed E-state index contributed by atoms with van der Waals surface area (Å²) in [6.07, 6.45) is 0. The summed E-state index contributed by atoms with van der Waals surface area (Å²) >= 11 is 0. The summed E-state index contributed by atoms with van der Waals surface area (Å²) in [5, 5.41) is 0. The highest BCUT2D eigenvalue weighted by molar-refractivity contribution is 6.13. The molecule has 0 amide bonds. The molecule has 0 saturated heterocycles. The molecule has 3 aromatic carbocycles. The first-order valence-electron chi connectivity index (χ1n) is 7.13. The molecule has 2 heteroatoms. The van der Waals surface area contributed by atoms with E-state index in [9.17, 15) is 4.79 Å². The number of hydrogen-bond donors (Lipinski definition) is 0. The second kappa shape index (κ2) is 6.27. The van der Waals surface area contributed by atoms with Crippen LogP contribution in [0.4, 0.5) is 0 Å². The van der Waals surface area contributed by atoms with Gasteiger partial charge in [-0.05, 0) is 23.3 Å². The van der Waals surface area contributed by atoms with Crippen molar-refractivity contribution in [3.05, 3.63) is 90.0 Å². The van der Waals surface area contributed by atoms with Crippen molar-refractivity contribution in [3.63, 3.8) is 0 Å². The van der Waals surface area contributed by atoms with Gasteiger partial charge in [-0.25, -0.2) is 0 Å². The van der Waals surface area contributed by atoms with Gasteiger partial charge in [0.2, 0.25) is 0 Å². The first-order valence-corrected chi connectivity index (χ1v) is 7.13. The summed E-state index contributed by atoms with van der Waals surface area (Å²) in [7, 11) is 1.60. The van der Waals surface area contributed by atoms with Crippen LogP contribution in [0.15, 0.2) is 78.9 Å². The summed E-state index contributed by atoms with van der Waals surface area (Å²) in [5.41, 5.74) is 3.30. The average molecular weight is 288 g/mol. The first-order chi connectivity index (χ1) is 10.8. The smallest absolute Gasteiger partial charge is 0.193 e. The van der Waals surface area contributed by atoms with Gasteiger partial charge in [-0.1, -0.05) is 66.7 Å². The van der Waals surface area contributed by atoms with Gasteiger partial charge in [0.1, 0.15) is 5.75 Å². The van der Waals surface area contributed by atoms with Crippen LogP contribution in [0.25, 0.3) is 11.1 Å². The van der Waals surface area contributed by atoms with E-state index in [4.69, 9.17) is 4.74 Å². The summed E-state index contributed by atoms with van der Waals surface area (Å²) < 4.78 is 5.20. The second-order valence-corrected chi connectivity index (χ2v) is 4.97. The van der Waals surface area contributed by atoms with E-state index in [1.165, 1.54) is 0 Å². The number of carbonyl (C=O) groups is 1. The molecule has 0 aliphatic rings. The topological polar surface area (TPSA) is 26.3 Å². The van der Waals surface area contributed by atoms with E-state index in [0.717, 1.165) is 11.1 Å². The van der Waals surface area contributed by atoms with Gasteiger partial charge in [0.05, 0.1) is 7.11 Å². The fourth-order valence-corrected chi connectivity index (χ4v) is 2.47. The number of benzene rings is 3. The predicted molar refractivity (Wildman–Crippen MR) is 88.3 cm³/mol. The fourth-order valence-electron chi connectivity index (χ4n) is 2.47. The van der Waals surface area contributed by atoms with E-state index in [2.05, 4.69) is 0 Å².